The number of nitrogens with one attached hydrogen (secondary N) is 8. The van der Waals surface area contributed by atoms with Crippen molar-refractivity contribution in [3.63, 3.8) is 0 Å². The van der Waals surface area contributed by atoms with E-state index in [4.69, 9.17) is 15.9 Å². The lowest BCUT2D eigenvalue weighted by Gasteiger charge is -2.11. The molecular formula is C35H45N9O11S2. The molecule has 308 valence electrons. The van der Waals surface area contributed by atoms with E-state index in [1.165, 1.54) is 18.2 Å². The molecule has 3 aromatic rings. The number of hydrogen-bond donors (Lipinski definition) is 12. The summed E-state index contributed by atoms with van der Waals surface area (Å²) in [5.74, 6) is -3.26. The molecule has 22 heteroatoms. The van der Waals surface area contributed by atoms with Crippen molar-refractivity contribution in [1.82, 2.24) is 21.3 Å². The van der Waals surface area contributed by atoms with E-state index in [1.54, 1.807) is 54.6 Å². The van der Waals surface area contributed by atoms with E-state index < -0.39 is 63.5 Å². The molecule has 1 atom stereocenters. The van der Waals surface area contributed by atoms with Gasteiger partial charge >= 0.3 is 30.0 Å². The number of carbonyl (C=O) groups excluding carboxylic acids is 5. The van der Waals surface area contributed by atoms with Gasteiger partial charge in [0.15, 0.2) is 0 Å². The molecule has 0 spiro atoms. The Morgan fingerprint density at radius 3 is 1.89 bits per heavy atom. The number of hydrogen-bond acceptors (Lipinski definition) is 10. The number of nitrogens with two attached hydrogens (primary N) is 1. The van der Waals surface area contributed by atoms with E-state index >= 15 is 0 Å². The second-order valence-electron chi connectivity index (χ2n) is 11.7. The van der Waals surface area contributed by atoms with Crippen LogP contribution in [0.2, 0.25) is 0 Å². The number of carbonyl (C=O) groups is 7. The van der Waals surface area contributed by atoms with Gasteiger partial charge in [0.05, 0.1) is 23.1 Å². The van der Waals surface area contributed by atoms with Gasteiger partial charge in [-0.1, -0.05) is 25.1 Å². The van der Waals surface area contributed by atoms with Crippen molar-refractivity contribution >= 4 is 87.2 Å². The maximum Gasteiger partial charge on any atom is 0.319 e. The molecule has 20 nitrogen and oxygen atoms in total. The normalized spacial score (nSPS) is 10.9. The van der Waals surface area contributed by atoms with Crippen molar-refractivity contribution < 1.29 is 52.2 Å². The molecule has 8 amide bonds. The lowest BCUT2D eigenvalue weighted by molar-refractivity contribution is -0.138. The molecule has 0 aliphatic heterocycles. The molecule has 0 heterocycles. The fourth-order valence-electron chi connectivity index (χ4n) is 4.35. The summed E-state index contributed by atoms with van der Waals surface area (Å²) < 4.78 is 27.8. The molecule has 0 aliphatic carbocycles. The first-order valence-corrected chi connectivity index (χ1v) is 19.1. The van der Waals surface area contributed by atoms with Crippen molar-refractivity contribution in [2.75, 3.05) is 46.9 Å². The second kappa shape index (κ2) is 24.1. The average Bonchev–Trinajstić information content (AvgIpc) is 3.14. The first-order chi connectivity index (χ1) is 27.0. The van der Waals surface area contributed by atoms with Gasteiger partial charge in [0.25, 0.3) is 10.0 Å². The Labute approximate surface area is 333 Å². The smallest absolute Gasteiger partial charge is 0.319 e. The summed E-state index contributed by atoms with van der Waals surface area (Å²) in [5, 5.41) is 33.7. The molecule has 1 unspecified atom stereocenters. The van der Waals surface area contributed by atoms with Crippen molar-refractivity contribution in [2.45, 2.75) is 42.8 Å². The largest absolute Gasteiger partial charge is 0.481 e. The van der Waals surface area contributed by atoms with Gasteiger partial charge in [-0.15, -0.1) is 0 Å². The molecule has 57 heavy (non-hydrogen) atoms. The summed E-state index contributed by atoms with van der Waals surface area (Å²) in [5.41, 5.74) is 7.35. The third-order valence-electron chi connectivity index (χ3n) is 6.98. The molecule has 3 aromatic carbocycles. The number of carboxylic acids is 2. The number of urea groups is 3. The Balaban J connectivity index is 0.000000394. The molecule has 0 aliphatic rings. The lowest BCUT2D eigenvalue weighted by atomic mass is 10.1. The summed E-state index contributed by atoms with van der Waals surface area (Å²) in [6.45, 7) is 2.34. The molecule has 0 aromatic heterocycles. The number of aliphatic carboxylic acids is 2. The minimum atomic E-state index is -3.87. The zero-order chi connectivity index (χ0) is 42.4. The first-order valence-electron chi connectivity index (χ1n) is 17.1. The zero-order valence-electron chi connectivity index (χ0n) is 30.7. The molecule has 0 saturated carbocycles. The zero-order valence-corrected chi connectivity index (χ0v) is 32.4. The highest BCUT2D eigenvalue weighted by Crippen LogP contribution is 2.21. The minimum absolute atomic E-state index is 0.00303. The number of amides is 8. The minimum Gasteiger partial charge on any atom is -0.481 e. The van der Waals surface area contributed by atoms with Gasteiger partial charge in [-0.2, -0.15) is 12.6 Å². The molecule has 12 N–H and O–H groups in total. The molecule has 0 fully saturated rings. The Bertz CT molecular complexity index is 1980. The number of thiol groups is 1. The van der Waals surface area contributed by atoms with Crippen LogP contribution in [0.4, 0.5) is 37.1 Å². The van der Waals surface area contributed by atoms with E-state index in [9.17, 15) is 42.0 Å². The Morgan fingerprint density at radius 1 is 0.702 bits per heavy atom. The molecule has 3 rings (SSSR count). The lowest BCUT2D eigenvalue weighted by Crippen LogP contribution is -2.43. The first kappa shape index (κ1) is 46.6. The Hall–Kier alpha value is -6.55. The van der Waals surface area contributed by atoms with Crippen LogP contribution in [0.1, 0.15) is 31.7 Å². The van der Waals surface area contributed by atoms with Crippen molar-refractivity contribution in [3.05, 3.63) is 78.4 Å². The fourth-order valence-corrected chi connectivity index (χ4v) is 5.69. The van der Waals surface area contributed by atoms with Crippen LogP contribution in [-0.2, 0) is 35.6 Å². The summed E-state index contributed by atoms with van der Waals surface area (Å²) in [4.78, 5) is 78.5. The van der Waals surface area contributed by atoms with Crippen LogP contribution in [0.15, 0.2) is 77.7 Å². The van der Waals surface area contributed by atoms with Gasteiger partial charge in [0.1, 0.15) is 0 Å². The van der Waals surface area contributed by atoms with Crippen LogP contribution in [0.25, 0.3) is 0 Å². The highest BCUT2D eigenvalue weighted by Gasteiger charge is 2.18. The van der Waals surface area contributed by atoms with Crippen LogP contribution in [0.5, 0.6) is 0 Å². The van der Waals surface area contributed by atoms with Gasteiger partial charge in [0.2, 0.25) is 11.8 Å². The van der Waals surface area contributed by atoms with Gasteiger partial charge in [-0.3, -0.25) is 23.9 Å². The van der Waals surface area contributed by atoms with Crippen LogP contribution >= 0.6 is 12.6 Å². The molecule has 0 bridgehead atoms. The van der Waals surface area contributed by atoms with E-state index in [1.807, 2.05) is 6.92 Å². The summed E-state index contributed by atoms with van der Waals surface area (Å²) in [7, 11) is -3.87. The summed E-state index contributed by atoms with van der Waals surface area (Å²) >= 11 is 3.83. The summed E-state index contributed by atoms with van der Waals surface area (Å²) in [6.07, 6.45) is 0.596. The van der Waals surface area contributed by atoms with E-state index in [0.717, 1.165) is 6.42 Å². The number of anilines is 4. The maximum atomic E-state index is 12.7. The number of benzene rings is 3. The average molecular weight is 832 g/mol. The SMILES string of the molecule is CCCNC(=O)Nc1cccc(S(=O)(=O)Nc2cccc(CCC(=O)O)c2)c1.NC(=O)Nc1ccc(NC(=O)NCCNC(=O)CNC(=O)C(S)CC(=O)O)cc1. The number of primary amides is 1. The maximum absolute atomic E-state index is 12.7. The highest BCUT2D eigenvalue weighted by molar-refractivity contribution is 7.92. The van der Waals surface area contributed by atoms with E-state index in [-0.39, 0.29) is 31.0 Å². The Kier molecular flexibility index (Phi) is 19.7. The third kappa shape index (κ3) is 19.6. The van der Waals surface area contributed by atoms with Gasteiger partial charge < -0.3 is 53.2 Å². The summed E-state index contributed by atoms with van der Waals surface area (Å²) in [6, 6.07) is 17.1. The van der Waals surface area contributed by atoms with Gasteiger partial charge in [-0.05, 0) is 73.0 Å². The van der Waals surface area contributed by atoms with Gasteiger partial charge in [-0.25, -0.2) is 22.8 Å². The monoisotopic (exact) mass is 831 g/mol. The topological polar surface area (TPSA) is 316 Å². The van der Waals surface area contributed by atoms with Crippen molar-refractivity contribution in [1.29, 1.82) is 0 Å². The number of carboxylic acid groups (broad SMARTS) is 2. The van der Waals surface area contributed by atoms with E-state index in [2.05, 4.69) is 54.6 Å². The molecular weight excluding hydrogens is 787 g/mol. The number of rotatable bonds is 19. The van der Waals surface area contributed by atoms with Crippen LogP contribution in [0, 0.1) is 0 Å². The van der Waals surface area contributed by atoms with Crippen LogP contribution in [0.3, 0.4) is 0 Å². The third-order valence-corrected chi connectivity index (χ3v) is 8.78. The van der Waals surface area contributed by atoms with E-state index in [0.29, 0.717) is 41.3 Å². The van der Waals surface area contributed by atoms with Crippen molar-refractivity contribution in [3.8, 4) is 0 Å². The van der Waals surface area contributed by atoms with Crippen LogP contribution < -0.4 is 47.7 Å². The predicted octanol–water partition coefficient (Wildman–Crippen LogP) is 2.34. The fraction of sp³-hybridized carbons (Fsp3) is 0.286. The predicted molar refractivity (Wildman–Crippen MR) is 215 cm³/mol. The van der Waals surface area contributed by atoms with Gasteiger partial charge in [0, 0.05) is 48.8 Å². The highest BCUT2D eigenvalue weighted by atomic mass is 32.2. The number of sulfonamides is 1. The molecule has 0 saturated heterocycles. The quantitative estimate of drug-likeness (QED) is 0.0615. The standard InChI is InChI=1S/C19H23N3O5S.C16H22N6O6S/c1-2-11-20-19(25)21-15-6-4-8-17(13-15)28(26,27)22-16-7-3-5-14(12-16)9-10-18(23)24;17-15(27)21-9-1-3-10(4-2-9)22-16(28)19-6-5-18-12(23)8-20-14(26)11(29)7-13(24)25/h3-8,12-13,22H,2,9-11H2,1H3,(H,23,24)(H2,20,21,25);1-4,11,29H,5-8H2,(H,18,23)(H,20,26)(H,24,25)(H3,17,21,27)(H2,19,22,28). The number of aryl methyl sites for hydroxylation is 1. The molecule has 0 radical (unpaired) electrons. The van der Waals surface area contributed by atoms with Crippen molar-refractivity contribution in [2.24, 2.45) is 5.73 Å². The Morgan fingerprint density at radius 2 is 1.28 bits per heavy atom. The second-order valence-corrected chi connectivity index (χ2v) is 14.0. The van der Waals surface area contributed by atoms with Crippen LogP contribution in [-0.4, -0.2) is 91.9 Å².